The number of carbonyl (C=O) groups excluding carboxylic acids is 3. The van der Waals surface area contributed by atoms with E-state index in [0.29, 0.717) is 111 Å². The van der Waals surface area contributed by atoms with Crippen LogP contribution in [0.25, 0.3) is 66.9 Å². The molecular formula is C66H56N6O15. The van der Waals surface area contributed by atoms with Crippen LogP contribution in [0.2, 0.25) is 0 Å². The maximum atomic E-state index is 13.2. The zero-order valence-corrected chi connectivity index (χ0v) is 47.4. The second kappa shape index (κ2) is 20.6. The van der Waals surface area contributed by atoms with Crippen LogP contribution < -0.4 is 21.4 Å². The molecule has 6 aliphatic rings. The summed E-state index contributed by atoms with van der Waals surface area (Å²) < 4.78 is 25.7. The number of pyridine rings is 6. The zero-order valence-electron chi connectivity index (χ0n) is 47.4. The first-order valence-corrected chi connectivity index (χ1v) is 28.3. The quantitative estimate of drug-likeness (QED) is 0.0584. The second-order valence-electron chi connectivity index (χ2n) is 22.3. The van der Waals surface area contributed by atoms with Gasteiger partial charge in [0.25, 0.3) is 16.7 Å². The summed E-state index contributed by atoms with van der Waals surface area (Å²) in [5.74, 6) is -1.15. The number of hydrogen-bond donors (Lipinski definition) is 5. The van der Waals surface area contributed by atoms with Crippen molar-refractivity contribution in [2.75, 3.05) is 6.61 Å². The monoisotopic (exact) mass is 1170 g/mol. The van der Waals surface area contributed by atoms with Crippen molar-refractivity contribution in [1.29, 1.82) is 0 Å². The minimum Gasteiger partial charge on any atom is -0.508 e. The molecule has 12 heterocycles. The van der Waals surface area contributed by atoms with Crippen LogP contribution in [0.4, 0.5) is 0 Å². The molecule has 3 aromatic carbocycles. The van der Waals surface area contributed by atoms with Crippen molar-refractivity contribution in [3.8, 4) is 51.4 Å². The third-order valence-corrected chi connectivity index (χ3v) is 17.5. The summed E-state index contributed by atoms with van der Waals surface area (Å²) in [6.45, 7) is 13.5. The smallest absolute Gasteiger partial charge is 0.343 e. The van der Waals surface area contributed by atoms with Gasteiger partial charge in [0.15, 0.2) is 16.8 Å². The predicted molar refractivity (Wildman–Crippen MR) is 316 cm³/mol. The number of ether oxygens (including phenoxy) is 4. The van der Waals surface area contributed by atoms with Gasteiger partial charge in [0, 0.05) is 55.1 Å². The molecule has 0 fully saturated rings. The number of esters is 3. The highest BCUT2D eigenvalue weighted by Crippen LogP contribution is 2.43. The Labute approximate surface area is 493 Å². The number of fused-ring (bicyclic) bond motifs is 15. The van der Waals surface area contributed by atoms with Gasteiger partial charge in [-0.05, 0) is 111 Å². The first-order chi connectivity index (χ1) is 41.8. The van der Waals surface area contributed by atoms with Crippen LogP contribution >= 0.6 is 0 Å². The summed E-state index contributed by atoms with van der Waals surface area (Å²) in [5.41, 5.74) is 4.67. The summed E-state index contributed by atoms with van der Waals surface area (Å²) in [6.07, 6.45) is 4.23. The molecule has 0 saturated heterocycles. The first-order valence-electron chi connectivity index (χ1n) is 28.3. The lowest BCUT2D eigenvalue weighted by Gasteiger charge is -2.31. The van der Waals surface area contributed by atoms with Crippen LogP contribution in [-0.2, 0) is 91.3 Å². The summed E-state index contributed by atoms with van der Waals surface area (Å²) in [6, 6.07) is 24.8. The SMILES string of the molecule is C=CCOc1ccc2nc3c(cc2c1)Cn1c-3cc2c(c1=O)COC(=O)[C@]2(O)CC.C=CCc1c(O)ccc2nc3c(cc12)Cn1c-3cc2c(c1=O)COC(=O)[C@]2(O)CC.CC[C@@]1(O)C(=O)OCc2c1cc1n(c2=O)Cc2cc3cc(O)ccc3nc2-1. The third-order valence-electron chi connectivity index (χ3n) is 17.5. The van der Waals surface area contributed by atoms with Gasteiger partial charge in [-0.3, -0.25) is 14.4 Å². The van der Waals surface area contributed by atoms with Crippen LogP contribution in [0.5, 0.6) is 17.2 Å². The molecule has 6 aromatic heterocycles. The number of carbonyl (C=O) groups is 3. The van der Waals surface area contributed by atoms with Gasteiger partial charge in [-0.15, -0.1) is 6.58 Å². The van der Waals surface area contributed by atoms with Crippen molar-refractivity contribution in [3.63, 3.8) is 0 Å². The fourth-order valence-electron chi connectivity index (χ4n) is 12.6. The maximum absolute atomic E-state index is 13.2. The second-order valence-corrected chi connectivity index (χ2v) is 22.3. The molecule has 0 saturated carbocycles. The lowest BCUT2D eigenvalue weighted by atomic mass is 9.86. The van der Waals surface area contributed by atoms with E-state index in [4.69, 9.17) is 28.9 Å². The largest absolute Gasteiger partial charge is 0.508 e. The zero-order chi connectivity index (χ0) is 61.2. The van der Waals surface area contributed by atoms with E-state index in [0.717, 1.165) is 49.7 Å². The maximum Gasteiger partial charge on any atom is 0.343 e. The van der Waals surface area contributed by atoms with Crippen LogP contribution in [0.3, 0.4) is 0 Å². The topological polar surface area (TPSA) is 294 Å². The number of rotatable bonds is 8. The minimum atomic E-state index is -1.84. The van der Waals surface area contributed by atoms with Gasteiger partial charge < -0.3 is 58.2 Å². The summed E-state index contributed by atoms with van der Waals surface area (Å²) in [5, 5.41) is 55.1. The molecule has 87 heavy (non-hydrogen) atoms. The van der Waals surface area contributed by atoms with Gasteiger partial charge >= 0.3 is 17.9 Å². The van der Waals surface area contributed by atoms with E-state index in [1.807, 2.05) is 36.4 Å². The van der Waals surface area contributed by atoms with Crippen molar-refractivity contribution in [3.05, 3.63) is 197 Å². The Balaban J connectivity index is 0.000000121. The highest BCUT2D eigenvalue weighted by Gasteiger charge is 2.48. The molecule has 0 aliphatic carbocycles. The van der Waals surface area contributed by atoms with Crippen molar-refractivity contribution in [1.82, 2.24) is 28.7 Å². The molecule has 0 unspecified atom stereocenters. The van der Waals surface area contributed by atoms with Crippen molar-refractivity contribution < 1.29 is 58.9 Å². The van der Waals surface area contributed by atoms with E-state index in [-0.39, 0.29) is 67.3 Å². The average Bonchev–Trinajstić information content (AvgIpc) is 1.72. The van der Waals surface area contributed by atoms with Gasteiger partial charge in [0.2, 0.25) is 0 Å². The van der Waals surface area contributed by atoms with E-state index in [2.05, 4.69) is 18.1 Å². The van der Waals surface area contributed by atoms with E-state index >= 15 is 0 Å². The molecule has 0 spiro atoms. The summed E-state index contributed by atoms with van der Waals surface area (Å²) in [4.78, 5) is 90.2. The Morgan fingerprint density at radius 3 is 1.38 bits per heavy atom. The van der Waals surface area contributed by atoms with Gasteiger partial charge in [-0.2, -0.15) is 0 Å². The average molecular weight is 1170 g/mol. The van der Waals surface area contributed by atoms with Gasteiger partial charge in [0.1, 0.15) is 43.7 Å². The van der Waals surface area contributed by atoms with Crippen LogP contribution in [0, 0.1) is 0 Å². The third kappa shape index (κ3) is 8.57. The normalized spacial score (nSPS) is 19.4. The van der Waals surface area contributed by atoms with Crippen LogP contribution in [-0.4, -0.2) is 78.7 Å². The number of benzene rings is 3. The molecule has 0 radical (unpaired) electrons. The molecular weight excluding hydrogens is 1120 g/mol. The number of nitrogens with zero attached hydrogens (tertiary/aromatic N) is 6. The Hall–Kier alpha value is -10.1. The van der Waals surface area contributed by atoms with Crippen molar-refractivity contribution in [2.24, 2.45) is 0 Å². The van der Waals surface area contributed by atoms with Crippen molar-refractivity contribution >= 4 is 50.6 Å². The molecule has 21 heteroatoms. The highest BCUT2D eigenvalue weighted by molar-refractivity contribution is 5.91. The summed E-state index contributed by atoms with van der Waals surface area (Å²) >= 11 is 0. The first kappa shape index (κ1) is 56.1. The number of hydrogen-bond acceptors (Lipinski definition) is 18. The number of allylic oxidation sites excluding steroid dienone is 1. The number of phenols is 2. The Morgan fingerprint density at radius 1 is 0.529 bits per heavy atom. The van der Waals surface area contributed by atoms with Crippen molar-refractivity contribution in [2.45, 2.75) is 103 Å². The lowest BCUT2D eigenvalue weighted by molar-refractivity contribution is -0.172. The Bertz CT molecular complexity index is 4770. The molecule has 21 nitrogen and oxygen atoms in total. The molecule has 9 aromatic rings. The number of aliphatic hydroxyl groups is 3. The summed E-state index contributed by atoms with van der Waals surface area (Å²) in [7, 11) is 0. The minimum absolute atomic E-state index is 0.101. The lowest BCUT2D eigenvalue weighted by Crippen LogP contribution is -2.44. The van der Waals surface area contributed by atoms with Gasteiger partial charge in [-0.1, -0.05) is 39.5 Å². The number of aromatic nitrogens is 6. The fraction of sp³-hybridized carbons (Fsp3) is 0.258. The van der Waals surface area contributed by atoms with E-state index in [1.54, 1.807) is 95.2 Å². The number of aromatic hydroxyl groups is 2. The van der Waals surface area contributed by atoms with E-state index in [1.165, 1.54) is 0 Å². The van der Waals surface area contributed by atoms with Crippen LogP contribution in [0.15, 0.2) is 125 Å². The molecule has 15 rings (SSSR count). The Kier molecular flexibility index (Phi) is 13.3. The number of phenolic OH excluding ortho intramolecular Hbond substituents is 2. The van der Waals surface area contributed by atoms with E-state index in [9.17, 15) is 54.3 Å². The van der Waals surface area contributed by atoms with Crippen LogP contribution in [0.1, 0.15) is 95.7 Å². The number of cyclic esters (lactones) is 3. The Morgan fingerprint density at radius 2 is 0.943 bits per heavy atom. The fourth-order valence-corrected chi connectivity index (χ4v) is 12.6. The standard InChI is InChI=1S/2C23H20N2O5.C20H16N2O5/c1-3-7-29-15-5-6-18-13(9-15)8-14-11-25-19(20(14)24-18)10-17-16(21(25)26)12-30-22(27)23(17,28)4-2;1-3-5-13-14-8-12-10-25-18(20(12)24-17(14)6-7-19(13)26)9-16-15(21(25)27)11-30-22(28)23(16,29)4-2;1-2-20(26)14-7-16-17-11(5-10-6-12(23)3-4-15(10)21-17)8-22(16)18(24)13(14)9-27-19(20)25/h3,5-6,8-10,28H,1,4,7,11-12H2,2H3;3,6-9,26,29H,1,4-5,10-11H2,2H3;3-7,23,26H,2,8-9H2,1H3/t2*23-;20-/m000/s1. The molecule has 6 aliphatic heterocycles. The molecule has 5 N–H and O–H groups in total. The molecule has 440 valence electrons. The van der Waals surface area contributed by atoms with Gasteiger partial charge in [0.05, 0.1) is 87.0 Å². The molecule has 0 amide bonds. The molecule has 3 atom stereocenters. The highest BCUT2D eigenvalue weighted by atomic mass is 16.6. The van der Waals surface area contributed by atoms with Gasteiger partial charge in [-0.25, -0.2) is 29.3 Å². The van der Waals surface area contributed by atoms with E-state index < -0.39 is 34.7 Å². The predicted octanol–water partition coefficient (Wildman–Crippen LogP) is 6.94. The molecule has 0 bridgehead atoms.